The molecule has 1 aliphatic heterocycles. The van der Waals surface area contributed by atoms with Crippen molar-refractivity contribution in [2.75, 3.05) is 73.2 Å². The lowest BCUT2D eigenvalue weighted by atomic mass is 9.96. The maximum absolute atomic E-state index is 12.0. The Bertz CT molecular complexity index is 1110. The number of carbonyl (C=O) groups is 1. The molecule has 0 aromatic carbocycles. The molecule has 45 heavy (non-hydrogen) atoms. The Morgan fingerprint density at radius 2 is 1.82 bits per heavy atom. The highest BCUT2D eigenvalue weighted by atomic mass is 31.2. The number of rotatable bonds is 18. The van der Waals surface area contributed by atoms with E-state index >= 15 is 0 Å². The first-order valence-electron chi connectivity index (χ1n) is 15.3. The van der Waals surface area contributed by atoms with E-state index in [0.29, 0.717) is 63.9 Å². The van der Waals surface area contributed by atoms with Crippen LogP contribution in [0.5, 0.6) is 0 Å². The molecule has 2 aliphatic carbocycles. The van der Waals surface area contributed by atoms with Gasteiger partial charge in [0.25, 0.3) is 0 Å². The zero-order valence-corrected chi connectivity index (χ0v) is 26.8. The fourth-order valence-electron chi connectivity index (χ4n) is 5.84. The summed E-state index contributed by atoms with van der Waals surface area (Å²) in [5.74, 6) is 1.46. The lowest BCUT2D eigenvalue weighted by Gasteiger charge is -2.43. The van der Waals surface area contributed by atoms with Crippen molar-refractivity contribution in [2.24, 2.45) is 17.8 Å². The van der Waals surface area contributed by atoms with E-state index in [9.17, 15) is 24.5 Å². The van der Waals surface area contributed by atoms with Crippen molar-refractivity contribution in [1.29, 1.82) is 0 Å². The number of methoxy groups -OCH3 is 1. The van der Waals surface area contributed by atoms with E-state index in [2.05, 4.69) is 10.4 Å². The van der Waals surface area contributed by atoms with Crippen LogP contribution < -0.4 is 5.32 Å². The Balaban J connectivity index is 1.12. The van der Waals surface area contributed by atoms with Gasteiger partial charge in [0.2, 0.25) is 0 Å². The first-order valence-corrected chi connectivity index (χ1v) is 17.3. The van der Waals surface area contributed by atoms with Gasteiger partial charge < -0.3 is 48.6 Å². The number of hydrogen-bond donors (Lipinski definition) is 4. The second-order valence-electron chi connectivity index (χ2n) is 11.4. The Morgan fingerprint density at radius 1 is 1.09 bits per heavy atom. The molecular formula is C27H46BN4O12P. The number of hydroxylamine groups is 2. The minimum atomic E-state index is -3.80. The summed E-state index contributed by atoms with van der Waals surface area (Å²) in [6.45, 7) is 3.91. The molecule has 16 nitrogen and oxygen atoms in total. The molecular weight excluding hydrogens is 614 g/mol. The van der Waals surface area contributed by atoms with E-state index < -0.39 is 44.9 Å². The molecule has 0 spiro atoms. The van der Waals surface area contributed by atoms with E-state index in [0.717, 1.165) is 37.4 Å². The molecule has 2 fully saturated rings. The maximum atomic E-state index is 12.0. The molecule has 2 radical (unpaired) electrons. The third kappa shape index (κ3) is 11.0. The number of morpholine rings is 1. The number of aliphatic hydroxyl groups is 2. The fraction of sp³-hybridized carbons (Fsp3) is 0.852. The molecule has 1 aromatic heterocycles. The van der Waals surface area contributed by atoms with Crippen LogP contribution in [0.4, 0.5) is 4.79 Å². The van der Waals surface area contributed by atoms with Gasteiger partial charge in [-0.25, -0.2) is 4.79 Å². The summed E-state index contributed by atoms with van der Waals surface area (Å²) < 4.78 is 44.9. The summed E-state index contributed by atoms with van der Waals surface area (Å²) in [7, 11) is 3.57. The first kappa shape index (κ1) is 36.2. The van der Waals surface area contributed by atoms with Crippen LogP contribution >= 0.6 is 7.60 Å². The zero-order chi connectivity index (χ0) is 32.4. The molecule has 8 unspecified atom stereocenters. The van der Waals surface area contributed by atoms with Crippen LogP contribution in [-0.2, 0) is 57.0 Å². The molecule has 0 bridgehead atoms. The lowest BCUT2D eigenvalue weighted by molar-refractivity contribution is -0.368. The minimum Gasteiger partial charge on any atom is -0.449 e. The molecule has 3 aliphatic rings. The smallest absolute Gasteiger partial charge is 0.407 e. The van der Waals surface area contributed by atoms with Gasteiger partial charge in [0.05, 0.1) is 71.6 Å². The number of aliphatic hydroxyl groups excluding tert-OH is 2. The van der Waals surface area contributed by atoms with E-state index in [4.69, 9.17) is 40.9 Å². The van der Waals surface area contributed by atoms with Crippen LogP contribution in [0, 0.1) is 17.8 Å². The van der Waals surface area contributed by atoms with Crippen LogP contribution in [0.2, 0.25) is 0 Å². The van der Waals surface area contributed by atoms with Crippen molar-refractivity contribution in [2.45, 2.75) is 56.8 Å². The van der Waals surface area contributed by atoms with Gasteiger partial charge in [-0.3, -0.25) is 14.1 Å². The number of nitrogens with zero attached hydrogens (tertiary/aromatic N) is 3. The van der Waals surface area contributed by atoms with Crippen molar-refractivity contribution in [1.82, 2.24) is 20.2 Å². The third-order valence-corrected chi connectivity index (χ3v) is 8.86. The van der Waals surface area contributed by atoms with Gasteiger partial charge in [0.1, 0.15) is 20.2 Å². The number of hydrogen-bond acceptors (Lipinski definition) is 13. The third-order valence-electron chi connectivity index (χ3n) is 8.23. The molecule has 4 rings (SSSR count). The van der Waals surface area contributed by atoms with Gasteiger partial charge in [-0.15, -0.1) is 5.06 Å². The Morgan fingerprint density at radius 3 is 2.58 bits per heavy atom. The molecule has 18 heteroatoms. The van der Waals surface area contributed by atoms with E-state index in [-0.39, 0.29) is 13.2 Å². The largest absolute Gasteiger partial charge is 0.449 e. The lowest BCUT2D eigenvalue weighted by Crippen LogP contribution is -2.62. The number of ether oxygens (including phenoxy) is 5. The molecule has 1 amide bonds. The van der Waals surface area contributed by atoms with Crippen LogP contribution in [0.3, 0.4) is 0 Å². The van der Waals surface area contributed by atoms with Gasteiger partial charge in [-0.05, 0) is 49.0 Å². The van der Waals surface area contributed by atoms with Gasteiger partial charge in [-0.2, -0.15) is 5.10 Å². The standard InChI is InChI=1S/C27H46BN4O12P/c1-38-11-12-39-9-7-29-27(35)41-16-21-19-4-3-18-15-30-31(22(18)6-5-20(19)21)8-10-40-13-14-42-32-25(33)23(17-43-45(2,36)37)44-24(28)26(32)34/h15,19-21,23-26,33-34H,3-14,16-17H2,1-2H3,(H,29,35)(H,36,37). The molecule has 254 valence electrons. The van der Waals surface area contributed by atoms with E-state index in [1.807, 2.05) is 10.9 Å². The predicted molar refractivity (Wildman–Crippen MR) is 158 cm³/mol. The fourth-order valence-corrected chi connectivity index (χ4v) is 6.26. The predicted octanol–water partition coefficient (Wildman–Crippen LogP) is -0.374. The SMILES string of the molecule is [B]C1OC(COP(C)(=O)O)C(O)N(OCCOCCn2ncc3c2CCC2C(CC3)C2COC(=O)NCCOCCOC)C1O. The second-order valence-corrected chi connectivity index (χ2v) is 13.3. The number of nitrogens with one attached hydrogen (secondary N) is 1. The second kappa shape index (κ2) is 17.5. The summed E-state index contributed by atoms with van der Waals surface area (Å²) in [6.07, 6.45) is 1.31. The van der Waals surface area contributed by atoms with Gasteiger partial charge in [0, 0.05) is 26.0 Å². The topological polar surface area (TPSA) is 193 Å². The van der Waals surface area contributed by atoms with Crippen molar-refractivity contribution >= 4 is 21.5 Å². The van der Waals surface area contributed by atoms with Crippen molar-refractivity contribution < 1.29 is 57.5 Å². The van der Waals surface area contributed by atoms with Crippen molar-refractivity contribution in [3.63, 3.8) is 0 Å². The van der Waals surface area contributed by atoms with Crippen LogP contribution in [-0.4, -0.2) is 142 Å². The number of aryl methyl sites for hydroxylation is 1. The summed E-state index contributed by atoms with van der Waals surface area (Å²) in [4.78, 5) is 26.9. The molecule has 8 atom stereocenters. The Kier molecular flexibility index (Phi) is 14.1. The Labute approximate surface area is 264 Å². The van der Waals surface area contributed by atoms with Crippen LogP contribution in [0.25, 0.3) is 0 Å². The van der Waals surface area contributed by atoms with Crippen LogP contribution in [0.1, 0.15) is 24.1 Å². The highest BCUT2D eigenvalue weighted by Crippen LogP contribution is 2.53. The van der Waals surface area contributed by atoms with Gasteiger partial charge in [0.15, 0.2) is 6.23 Å². The number of aromatic nitrogens is 2. The number of amides is 1. The Hall–Kier alpha value is -1.63. The zero-order valence-electron chi connectivity index (χ0n) is 25.9. The summed E-state index contributed by atoms with van der Waals surface area (Å²) >= 11 is 0. The highest BCUT2D eigenvalue weighted by Gasteiger charge is 2.50. The summed E-state index contributed by atoms with van der Waals surface area (Å²) in [5, 5.41) is 28.9. The molecule has 1 saturated carbocycles. The van der Waals surface area contributed by atoms with Gasteiger partial charge in [-0.1, -0.05) is 0 Å². The van der Waals surface area contributed by atoms with Crippen LogP contribution in [0.15, 0.2) is 6.20 Å². The summed E-state index contributed by atoms with van der Waals surface area (Å²) in [6, 6.07) is -1.23. The van der Waals surface area contributed by atoms with Crippen molar-refractivity contribution in [3.8, 4) is 0 Å². The molecule has 4 N–H and O–H groups in total. The normalized spacial score (nSPS) is 29.6. The summed E-state index contributed by atoms with van der Waals surface area (Å²) in [5.41, 5.74) is 2.44. The molecule has 2 heterocycles. The highest BCUT2D eigenvalue weighted by molar-refractivity contribution is 7.51. The molecule has 1 saturated heterocycles. The van der Waals surface area contributed by atoms with E-state index in [1.165, 1.54) is 11.3 Å². The molecule has 1 aromatic rings. The number of alkyl carbamates (subject to hydrolysis) is 1. The number of carbonyl (C=O) groups excluding carboxylic acids is 1. The van der Waals surface area contributed by atoms with E-state index in [1.54, 1.807) is 7.11 Å². The average molecular weight is 660 g/mol. The number of fused-ring (bicyclic) bond motifs is 2. The average Bonchev–Trinajstić information content (AvgIpc) is 3.50. The quantitative estimate of drug-likeness (QED) is 0.0905. The maximum Gasteiger partial charge on any atom is 0.407 e. The van der Waals surface area contributed by atoms with Crippen molar-refractivity contribution in [3.05, 3.63) is 17.5 Å². The first-order chi connectivity index (χ1) is 21.6. The monoisotopic (exact) mass is 660 g/mol. The minimum absolute atomic E-state index is 0.00458. The van der Waals surface area contributed by atoms with Gasteiger partial charge >= 0.3 is 13.7 Å².